The van der Waals surface area contributed by atoms with E-state index < -0.39 is 0 Å². The molecule has 2 aromatic carbocycles. The van der Waals surface area contributed by atoms with E-state index in [1.807, 2.05) is 56.6 Å². The van der Waals surface area contributed by atoms with Gasteiger partial charge in [-0.3, -0.25) is 4.79 Å². The molecule has 0 bridgehead atoms. The van der Waals surface area contributed by atoms with Crippen molar-refractivity contribution in [3.63, 3.8) is 0 Å². The largest absolute Gasteiger partial charge is 0.378 e. The van der Waals surface area contributed by atoms with Gasteiger partial charge >= 0.3 is 0 Å². The summed E-state index contributed by atoms with van der Waals surface area (Å²) in [5, 5.41) is 2.97. The number of nitrogens with zero attached hydrogens (tertiary/aromatic N) is 1. The third kappa shape index (κ3) is 4.95. The first-order valence-corrected chi connectivity index (χ1v) is 7.22. The van der Waals surface area contributed by atoms with E-state index in [2.05, 4.69) is 22.3 Å². The zero-order chi connectivity index (χ0) is 15.1. The molecule has 0 aromatic heterocycles. The molecule has 3 heteroatoms. The molecule has 1 N–H and O–H groups in total. The Labute approximate surface area is 126 Å². The van der Waals surface area contributed by atoms with Crippen molar-refractivity contribution in [1.82, 2.24) is 5.32 Å². The second-order valence-electron chi connectivity index (χ2n) is 5.32. The Balaban J connectivity index is 1.76. The van der Waals surface area contributed by atoms with Gasteiger partial charge in [-0.05, 0) is 29.7 Å². The van der Waals surface area contributed by atoms with Crippen LogP contribution in [0.15, 0.2) is 54.6 Å². The quantitative estimate of drug-likeness (QED) is 0.883. The lowest BCUT2D eigenvalue weighted by atomic mass is 10.1. The summed E-state index contributed by atoms with van der Waals surface area (Å²) in [4.78, 5) is 13.9. The highest BCUT2D eigenvalue weighted by molar-refractivity contribution is 5.76. The SMILES string of the molecule is CN(C)c1ccc(CNC(=O)CCc2ccccc2)cc1. The van der Waals surface area contributed by atoms with Gasteiger partial charge in [-0.2, -0.15) is 0 Å². The highest BCUT2D eigenvalue weighted by atomic mass is 16.1. The Kier molecular flexibility index (Phi) is 5.38. The van der Waals surface area contributed by atoms with Gasteiger partial charge in [-0.25, -0.2) is 0 Å². The fourth-order valence-corrected chi connectivity index (χ4v) is 2.10. The Morgan fingerprint density at radius 1 is 0.952 bits per heavy atom. The van der Waals surface area contributed by atoms with Gasteiger partial charge in [-0.1, -0.05) is 42.5 Å². The van der Waals surface area contributed by atoms with Crippen LogP contribution in [0.25, 0.3) is 0 Å². The molecule has 0 aliphatic carbocycles. The van der Waals surface area contributed by atoms with E-state index in [1.54, 1.807) is 0 Å². The molecule has 2 rings (SSSR count). The summed E-state index contributed by atoms with van der Waals surface area (Å²) < 4.78 is 0. The fourth-order valence-electron chi connectivity index (χ4n) is 2.10. The maximum absolute atomic E-state index is 11.8. The maximum atomic E-state index is 11.8. The maximum Gasteiger partial charge on any atom is 0.220 e. The molecular weight excluding hydrogens is 260 g/mol. The van der Waals surface area contributed by atoms with Crippen molar-refractivity contribution in [2.45, 2.75) is 19.4 Å². The van der Waals surface area contributed by atoms with E-state index in [4.69, 9.17) is 0 Å². The van der Waals surface area contributed by atoms with Crippen molar-refractivity contribution in [3.8, 4) is 0 Å². The van der Waals surface area contributed by atoms with Crippen LogP contribution in [0.4, 0.5) is 5.69 Å². The highest BCUT2D eigenvalue weighted by Crippen LogP contribution is 2.12. The summed E-state index contributed by atoms with van der Waals surface area (Å²) in [6.07, 6.45) is 1.31. The smallest absolute Gasteiger partial charge is 0.220 e. The number of carbonyl (C=O) groups is 1. The van der Waals surface area contributed by atoms with Crippen molar-refractivity contribution in [2.24, 2.45) is 0 Å². The minimum Gasteiger partial charge on any atom is -0.378 e. The molecule has 0 radical (unpaired) electrons. The highest BCUT2D eigenvalue weighted by Gasteiger charge is 2.02. The normalized spacial score (nSPS) is 10.2. The van der Waals surface area contributed by atoms with Crippen molar-refractivity contribution >= 4 is 11.6 Å². The molecular formula is C18H22N2O. The van der Waals surface area contributed by atoms with Crippen LogP contribution in [-0.2, 0) is 17.8 Å². The van der Waals surface area contributed by atoms with Gasteiger partial charge in [0.2, 0.25) is 5.91 Å². The van der Waals surface area contributed by atoms with Gasteiger partial charge in [0, 0.05) is 32.7 Å². The first-order chi connectivity index (χ1) is 10.1. The molecule has 2 aromatic rings. The lowest BCUT2D eigenvalue weighted by Crippen LogP contribution is -2.23. The van der Waals surface area contributed by atoms with Gasteiger partial charge in [-0.15, -0.1) is 0 Å². The minimum absolute atomic E-state index is 0.0931. The second kappa shape index (κ2) is 7.48. The molecule has 0 heterocycles. The van der Waals surface area contributed by atoms with Gasteiger partial charge in [0.1, 0.15) is 0 Å². The Morgan fingerprint density at radius 3 is 2.24 bits per heavy atom. The lowest BCUT2D eigenvalue weighted by molar-refractivity contribution is -0.121. The van der Waals surface area contributed by atoms with Crippen LogP contribution in [0.3, 0.4) is 0 Å². The number of benzene rings is 2. The van der Waals surface area contributed by atoms with Crippen LogP contribution in [0.5, 0.6) is 0 Å². The van der Waals surface area contributed by atoms with E-state index in [1.165, 1.54) is 5.56 Å². The standard InChI is InChI=1S/C18H22N2O/c1-20(2)17-11-8-16(9-12-17)14-19-18(21)13-10-15-6-4-3-5-7-15/h3-9,11-12H,10,13-14H2,1-2H3,(H,19,21). The van der Waals surface area contributed by atoms with Crippen molar-refractivity contribution < 1.29 is 4.79 Å². The molecule has 0 fully saturated rings. The number of anilines is 1. The molecule has 0 saturated heterocycles. The average molecular weight is 282 g/mol. The minimum atomic E-state index is 0.0931. The molecule has 110 valence electrons. The van der Waals surface area contributed by atoms with E-state index >= 15 is 0 Å². The summed E-state index contributed by atoms with van der Waals surface area (Å²) in [6.45, 7) is 0.585. The van der Waals surface area contributed by atoms with Crippen LogP contribution in [0.2, 0.25) is 0 Å². The zero-order valence-corrected chi connectivity index (χ0v) is 12.7. The number of aryl methyl sites for hydroxylation is 1. The third-order valence-corrected chi connectivity index (χ3v) is 3.43. The predicted molar refractivity (Wildman–Crippen MR) is 87.4 cm³/mol. The van der Waals surface area contributed by atoms with Gasteiger partial charge < -0.3 is 10.2 Å². The number of nitrogens with one attached hydrogen (secondary N) is 1. The summed E-state index contributed by atoms with van der Waals surface area (Å²) in [7, 11) is 4.03. The monoisotopic (exact) mass is 282 g/mol. The topological polar surface area (TPSA) is 32.3 Å². The summed E-state index contributed by atoms with van der Waals surface area (Å²) >= 11 is 0. The predicted octanol–water partition coefficient (Wildman–Crippen LogP) is 3.00. The Hall–Kier alpha value is -2.29. The molecule has 0 aliphatic heterocycles. The van der Waals surface area contributed by atoms with Gasteiger partial charge in [0.05, 0.1) is 0 Å². The van der Waals surface area contributed by atoms with Crippen molar-refractivity contribution in [1.29, 1.82) is 0 Å². The van der Waals surface area contributed by atoms with Crippen molar-refractivity contribution in [3.05, 3.63) is 65.7 Å². The number of hydrogen-bond donors (Lipinski definition) is 1. The molecule has 21 heavy (non-hydrogen) atoms. The first kappa shape index (κ1) is 15.1. The average Bonchev–Trinajstić information content (AvgIpc) is 2.52. The molecule has 0 unspecified atom stereocenters. The van der Waals surface area contributed by atoms with Gasteiger partial charge in [0.15, 0.2) is 0 Å². The summed E-state index contributed by atoms with van der Waals surface area (Å²) in [5.41, 5.74) is 3.48. The number of carbonyl (C=O) groups excluding carboxylic acids is 1. The van der Waals surface area contributed by atoms with Crippen molar-refractivity contribution in [2.75, 3.05) is 19.0 Å². The number of rotatable bonds is 6. The Bertz CT molecular complexity index is 562. The van der Waals surface area contributed by atoms with Gasteiger partial charge in [0.25, 0.3) is 0 Å². The Morgan fingerprint density at radius 2 is 1.62 bits per heavy atom. The second-order valence-corrected chi connectivity index (χ2v) is 5.32. The van der Waals surface area contributed by atoms with Crippen LogP contribution in [0.1, 0.15) is 17.5 Å². The zero-order valence-electron chi connectivity index (χ0n) is 12.7. The van der Waals surface area contributed by atoms with Crippen LogP contribution < -0.4 is 10.2 Å². The molecule has 1 amide bonds. The van der Waals surface area contributed by atoms with E-state index in [0.717, 1.165) is 17.7 Å². The van der Waals surface area contributed by atoms with E-state index in [-0.39, 0.29) is 5.91 Å². The number of amides is 1. The third-order valence-electron chi connectivity index (χ3n) is 3.43. The van der Waals surface area contributed by atoms with Crippen LogP contribution in [0, 0.1) is 0 Å². The van der Waals surface area contributed by atoms with E-state index in [9.17, 15) is 4.79 Å². The molecule has 3 nitrogen and oxygen atoms in total. The molecule has 0 saturated carbocycles. The lowest BCUT2D eigenvalue weighted by Gasteiger charge is -2.13. The molecule has 0 aliphatic rings. The fraction of sp³-hybridized carbons (Fsp3) is 0.278. The molecule has 0 atom stereocenters. The summed E-state index contributed by atoms with van der Waals surface area (Å²) in [6, 6.07) is 18.3. The first-order valence-electron chi connectivity index (χ1n) is 7.22. The van der Waals surface area contributed by atoms with Crippen LogP contribution in [-0.4, -0.2) is 20.0 Å². The molecule has 0 spiro atoms. The summed E-state index contributed by atoms with van der Waals surface area (Å²) in [5.74, 6) is 0.0931. The van der Waals surface area contributed by atoms with Crippen LogP contribution >= 0.6 is 0 Å². The number of hydrogen-bond acceptors (Lipinski definition) is 2. The van der Waals surface area contributed by atoms with E-state index in [0.29, 0.717) is 13.0 Å².